The molecule has 0 fully saturated rings. The zero-order chi connectivity index (χ0) is 23.4. The first-order valence-electron chi connectivity index (χ1n) is 10.3. The third-order valence-electron chi connectivity index (χ3n) is 6.10. The summed E-state index contributed by atoms with van der Waals surface area (Å²) < 4.78 is 45.8. The number of hydrogen-bond acceptors (Lipinski definition) is 6. The second-order valence-electron chi connectivity index (χ2n) is 8.30. The number of benzene rings is 1. The van der Waals surface area contributed by atoms with Gasteiger partial charge in [-0.1, -0.05) is 17.3 Å². The van der Waals surface area contributed by atoms with Crippen molar-refractivity contribution in [3.8, 4) is 28.9 Å². The van der Waals surface area contributed by atoms with Gasteiger partial charge in [-0.05, 0) is 43.9 Å². The third-order valence-corrected chi connectivity index (χ3v) is 7.14. The van der Waals surface area contributed by atoms with Gasteiger partial charge in [-0.2, -0.15) is 23.4 Å². The van der Waals surface area contributed by atoms with Gasteiger partial charge in [0.25, 0.3) is 5.89 Å². The van der Waals surface area contributed by atoms with Crippen molar-refractivity contribution in [2.75, 3.05) is 0 Å². The Balaban J connectivity index is 1.46. The normalized spacial score (nSPS) is 18.2. The smallest absolute Gasteiger partial charge is 0.334 e. The van der Waals surface area contributed by atoms with Crippen molar-refractivity contribution in [1.82, 2.24) is 19.7 Å². The maximum Gasteiger partial charge on any atom is 0.434 e. The molecular weight excluding hydrogens is 451 g/mol. The monoisotopic (exact) mass is 469 g/mol. The summed E-state index contributed by atoms with van der Waals surface area (Å²) in [5, 5.41) is 15.7. The fourth-order valence-electron chi connectivity index (χ4n) is 4.42. The number of nitrogens with zero attached hydrogens (tertiary/aromatic N) is 5. The van der Waals surface area contributed by atoms with Crippen LogP contribution in [0.15, 0.2) is 40.4 Å². The maximum absolute atomic E-state index is 13.0. The molecule has 0 spiro atoms. The van der Waals surface area contributed by atoms with Crippen LogP contribution in [0.1, 0.15) is 47.3 Å². The van der Waals surface area contributed by atoms with Crippen molar-refractivity contribution < 1.29 is 17.7 Å². The van der Waals surface area contributed by atoms with Crippen LogP contribution in [-0.2, 0) is 25.1 Å². The zero-order valence-electron chi connectivity index (χ0n) is 17.8. The zero-order valence-corrected chi connectivity index (χ0v) is 18.6. The Hall–Kier alpha value is -3.45. The minimum absolute atomic E-state index is 0.212. The molecule has 1 aliphatic carbocycles. The highest BCUT2D eigenvalue weighted by Gasteiger charge is 2.41. The standard InChI is InChI=1S/C23H18F3N5OS/c1-22(9-3-4-16-18(22)15(10-27)12-33-16)21-29-20(32-30-21)14-7-5-13(6-8-14)19-28-17(11-31(19)2)23(24,25)26/h5-8,11-12H,3-4,9H2,1-2H3. The molecule has 1 aromatic carbocycles. The molecule has 1 atom stereocenters. The summed E-state index contributed by atoms with van der Waals surface area (Å²) in [5.41, 5.74) is 1.38. The van der Waals surface area contributed by atoms with Crippen LogP contribution in [0.4, 0.5) is 13.2 Å². The van der Waals surface area contributed by atoms with Gasteiger partial charge < -0.3 is 9.09 Å². The third kappa shape index (κ3) is 3.53. The van der Waals surface area contributed by atoms with Crippen molar-refractivity contribution >= 4 is 11.3 Å². The lowest BCUT2D eigenvalue weighted by Gasteiger charge is -2.31. The average Bonchev–Trinajstić information content (AvgIpc) is 3.52. The summed E-state index contributed by atoms with van der Waals surface area (Å²) in [5.74, 6) is 1.05. The lowest BCUT2D eigenvalue weighted by atomic mass is 9.72. The van der Waals surface area contributed by atoms with Crippen molar-refractivity contribution in [2.45, 2.75) is 37.8 Å². The lowest BCUT2D eigenvalue weighted by molar-refractivity contribution is -0.140. The molecule has 0 N–H and O–H groups in total. The van der Waals surface area contributed by atoms with Gasteiger partial charge in [0.2, 0.25) is 0 Å². The molecule has 3 aromatic heterocycles. The quantitative estimate of drug-likeness (QED) is 0.383. The van der Waals surface area contributed by atoms with E-state index < -0.39 is 17.3 Å². The predicted octanol–water partition coefficient (Wildman–Crippen LogP) is 5.73. The summed E-state index contributed by atoms with van der Waals surface area (Å²) >= 11 is 1.59. The minimum Gasteiger partial charge on any atom is -0.334 e. The van der Waals surface area contributed by atoms with Crippen LogP contribution in [0.25, 0.3) is 22.8 Å². The van der Waals surface area contributed by atoms with E-state index in [9.17, 15) is 18.4 Å². The second kappa shape index (κ2) is 7.56. The summed E-state index contributed by atoms with van der Waals surface area (Å²) in [7, 11) is 1.52. The van der Waals surface area contributed by atoms with Crippen molar-refractivity contribution in [1.29, 1.82) is 5.26 Å². The topological polar surface area (TPSA) is 80.5 Å². The molecule has 0 bridgehead atoms. The number of halogens is 3. The van der Waals surface area contributed by atoms with Gasteiger partial charge in [-0.3, -0.25) is 0 Å². The van der Waals surface area contributed by atoms with Gasteiger partial charge in [0.1, 0.15) is 11.9 Å². The first-order valence-corrected chi connectivity index (χ1v) is 11.1. The second-order valence-corrected chi connectivity index (χ2v) is 9.27. The summed E-state index contributed by atoms with van der Waals surface area (Å²) in [6, 6.07) is 9.07. The molecule has 1 aliphatic rings. The highest BCUT2D eigenvalue weighted by molar-refractivity contribution is 7.10. The van der Waals surface area contributed by atoms with Crippen molar-refractivity contribution in [2.24, 2.45) is 7.05 Å². The van der Waals surface area contributed by atoms with E-state index in [0.717, 1.165) is 31.0 Å². The Morgan fingerprint density at radius 3 is 2.58 bits per heavy atom. The number of rotatable bonds is 3. The molecule has 3 heterocycles. The van der Waals surface area contributed by atoms with Crippen LogP contribution in [-0.4, -0.2) is 19.7 Å². The van der Waals surface area contributed by atoms with Gasteiger partial charge >= 0.3 is 6.18 Å². The summed E-state index contributed by atoms with van der Waals surface area (Å²) in [4.78, 5) is 9.54. The first-order chi connectivity index (χ1) is 15.7. The number of nitriles is 1. The highest BCUT2D eigenvalue weighted by Crippen LogP contribution is 2.45. The van der Waals surface area contributed by atoms with E-state index >= 15 is 0 Å². The van der Waals surface area contributed by atoms with Crippen LogP contribution >= 0.6 is 11.3 Å². The fraction of sp³-hybridized carbons (Fsp3) is 0.304. The van der Waals surface area contributed by atoms with Crippen molar-refractivity contribution in [3.05, 3.63) is 63.4 Å². The fourth-order valence-corrected chi connectivity index (χ4v) is 5.56. The molecule has 0 aliphatic heterocycles. The van der Waals surface area contributed by atoms with E-state index in [4.69, 9.17) is 4.52 Å². The van der Waals surface area contributed by atoms with E-state index in [0.29, 0.717) is 28.4 Å². The molecule has 0 saturated carbocycles. The van der Waals surface area contributed by atoms with Gasteiger partial charge in [-0.25, -0.2) is 4.98 Å². The number of hydrogen-bond donors (Lipinski definition) is 0. The van der Waals surface area contributed by atoms with E-state index in [-0.39, 0.29) is 5.82 Å². The molecule has 6 nitrogen and oxygen atoms in total. The van der Waals surface area contributed by atoms with Crippen LogP contribution < -0.4 is 0 Å². The lowest BCUT2D eigenvalue weighted by Crippen LogP contribution is -2.30. The molecule has 33 heavy (non-hydrogen) atoms. The molecule has 0 amide bonds. The van der Waals surface area contributed by atoms with E-state index in [1.54, 1.807) is 35.6 Å². The molecule has 4 aromatic rings. The minimum atomic E-state index is -4.50. The number of alkyl halides is 3. The Morgan fingerprint density at radius 1 is 1.18 bits per heavy atom. The van der Waals surface area contributed by atoms with Gasteiger partial charge in [0, 0.05) is 34.6 Å². The molecule has 1 unspecified atom stereocenters. The average molecular weight is 469 g/mol. The largest absolute Gasteiger partial charge is 0.434 e. The van der Waals surface area contributed by atoms with E-state index in [1.807, 2.05) is 12.3 Å². The Bertz CT molecular complexity index is 1380. The van der Waals surface area contributed by atoms with Crippen LogP contribution in [0.5, 0.6) is 0 Å². The molecule has 0 radical (unpaired) electrons. The molecule has 5 rings (SSSR count). The highest BCUT2D eigenvalue weighted by atomic mass is 32.1. The molecular formula is C23H18F3N5OS. The molecule has 168 valence electrons. The maximum atomic E-state index is 13.0. The van der Waals surface area contributed by atoms with Crippen molar-refractivity contribution in [3.63, 3.8) is 0 Å². The SMILES string of the molecule is Cn1cc(C(F)(F)F)nc1-c1ccc(-c2nc(C3(C)CCCc4scc(C#N)c43)no2)cc1. The van der Waals surface area contributed by atoms with Crippen LogP contribution in [0.3, 0.4) is 0 Å². The van der Waals surface area contributed by atoms with E-state index in [2.05, 4.69) is 21.2 Å². The number of imidazole rings is 1. The van der Waals surface area contributed by atoms with Gasteiger partial charge in [-0.15, -0.1) is 11.3 Å². The van der Waals surface area contributed by atoms with Gasteiger partial charge in [0.15, 0.2) is 11.5 Å². The van der Waals surface area contributed by atoms with Gasteiger partial charge in [0.05, 0.1) is 11.0 Å². The molecule has 0 saturated heterocycles. The Labute approximate surface area is 191 Å². The van der Waals surface area contributed by atoms with Crippen LogP contribution in [0, 0.1) is 11.3 Å². The first kappa shape index (κ1) is 21.4. The number of aryl methyl sites for hydroxylation is 2. The predicted molar refractivity (Wildman–Crippen MR) is 115 cm³/mol. The summed E-state index contributed by atoms with van der Waals surface area (Å²) in [6.45, 7) is 2.04. The Morgan fingerprint density at radius 2 is 1.91 bits per heavy atom. The van der Waals surface area contributed by atoms with Crippen LogP contribution in [0.2, 0.25) is 0 Å². The number of aromatic nitrogens is 4. The molecule has 10 heteroatoms. The number of thiophene rings is 1. The van der Waals surface area contributed by atoms with E-state index in [1.165, 1.54) is 16.5 Å². The summed E-state index contributed by atoms with van der Waals surface area (Å²) in [6.07, 6.45) is -0.820. The number of fused-ring (bicyclic) bond motifs is 1. The Kier molecular flexibility index (Phi) is 4.90.